The van der Waals surface area contributed by atoms with Crippen molar-refractivity contribution >= 4 is 5.91 Å². The minimum atomic E-state index is 0.0384. The summed E-state index contributed by atoms with van der Waals surface area (Å²) < 4.78 is 5.72. The molecule has 120 valence electrons. The predicted octanol–water partition coefficient (Wildman–Crippen LogP) is 2.13. The fourth-order valence-electron chi connectivity index (χ4n) is 2.79. The number of carbonyl (C=O) groups excluding carboxylic acids is 1. The number of carbonyl (C=O) groups is 1. The van der Waals surface area contributed by atoms with Gasteiger partial charge in [0.15, 0.2) is 0 Å². The second-order valence-electron chi connectivity index (χ2n) is 6.11. The number of rotatable bonds is 6. The molecule has 2 rings (SSSR count). The lowest BCUT2D eigenvalue weighted by atomic mass is 10.2. The molecule has 1 atom stereocenters. The molecule has 1 aliphatic rings. The number of nitrogens with zero attached hydrogens (tertiary/aromatic N) is 4. The van der Waals surface area contributed by atoms with Gasteiger partial charge < -0.3 is 14.2 Å². The SMILES string of the molecule is CC(=O)N(Cc1ncc(C(C)C)o1)[C@@H]1CCN(CCC#N)C1. The minimum Gasteiger partial charge on any atom is -0.444 e. The first-order valence-electron chi connectivity index (χ1n) is 7.82. The highest BCUT2D eigenvalue weighted by Gasteiger charge is 2.30. The monoisotopic (exact) mass is 304 g/mol. The molecule has 6 heteroatoms. The summed E-state index contributed by atoms with van der Waals surface area (Å²) in [7, 11) is 0. The zero-order valence-corrected chi connectivity index (χ0v) is 13.6. The predicted molar refractivity (Wildman–Crippen MR) is 81.9 cm³/mol. The Balaban J connectivity index is 1.98. The van der Waals surface area contributed by atoms with Crippen LogP contribution < -0.4 is 0 Å². The maximum absolute atomic E-state index is 12.0. The molecule has 2 heterocycles. The lowest BCUT2D eigenvalue weighted by molar-refractivity contribution is -0.132. The van der Waals surface area contributed by atoms with Crippen LogP contribution in [0.4, 0.5) is 0 Å². The highest BCUT2D eigenvalue weighted by atomic mass is 16.4. The van der Waals surface area contributed by atoms with Crippen molar-refractivity contribution in [1.82, 2.24) is 14.8 Å². The maximum atomic E-state index is 12.0. The van der Waals surface area contributed by atoms with Crippen LogP contribution in [0.2, 0.25) is 0 Å². The molecule has 1 aromatic heterocycles. The Labute approximate surface area is 131 Å². The summed E-state index contributed by atoms with van der Waals surface area (Å²) >= 11 is 0. The van der Waals surface area contributed by atoms with E-state index in [1.54, 1.807) is 13.1 Å². The van der Waals surface area contributed by atoms with Crippen molar-refractivity contribution < 1.29 is 9.21 Å². The third-order valence-electron chi connectivity index (χ3n) is 4.08. The molecule has 0 radical (unpaired) electrons. The van der Waals surface area contributed by atoms with Crippen LogP contribution in [0.1, 0.15) is 51.2 Å². The molecular formula is C16H24N4O2. The van der Waals surface area contributed by atoms with Gasteiger partial charge in [-0.1, -0.05) is 13.8 Å². The van der Waals surface area contributed by atoms with Crippen LogP contribution in [0, 0.1) is 11.3 Å². The highest BCUT2D eigenvalue weighted by Crippen LogP contribution is 2.20. The number of nitriles is 1. The van der Waals surface area contributed by atoms with E-state index in [9.17, 15) is 4.79 Å². The zero-order valence-electron chi connectivity index (χ0n) is 13.6. The van der Waals surface area contributed by atoms with Crippen LogP contribution >= 0.6 is 0 Å². The summed E-state index contributed by atoms with van der Waals surface area (Å²) in [6.07, 6.45) is 3.21. The van der Waals surface area contributed by atoms with Gasteiger partial charge in [0, 0.05) is 44.9 Å². The van der Waals surface area contributed by atoms with E-state index in [0.717, 1.165) is 31.8 Å². The Hall–Kier alpha value is -1.87. The Morgan fingerprint density at radius 1 is 1.64 bits per heavy atom. The van der Waals surface area contributed by atoms with Gasteiger partial charge in [-0.3, -0.25) is 4.79 Å². The Bertz CT molecular complexity index is 547. The first kappa shape index (κ1) is 16.5. The summed E-state index contributed by atoms with van der Waals surface area (Å²) in [4.78, 5) is 20.3. The van der Waals surface area contributed by atoms with Gasteiger partial charge in [0.1, 0.15) is 5.76 Å². The highest BCUT2D eigenvalue weighted by molar-refractivity contribution is 5.73. The molecule has 1 saturated heterocycles. The number of likely N-dealkylation sites (tertiary alicyclic amines) is 1. The Morgan fingerprint density at radius 2 is 2.41 bits per heavy atom. The van der Waals surface area contributed by atoms with Crippen LogP contribution in [0.25, 0.3) is 0 Å². The van der Waals surface area contributed by atoms with Gasteiger partial charge in [-0.15, -0.1) is 0 Å². The lowest BCUT2D eigenvalue weighted by Crippen LogP contribution is -2.40. The standard InChI is InChI=1S/C16H24N4O2/c1-12(2)15-9-18-16(22-15)11-20(13(3)21)14-5-8-19(10-14)7-4-6-17/h9,12,14H,4-5,7-8,10-11H2,1-3H3/t14-/m1/s1. The quantitative estimate of drug-likeness (QED) is 0.805. The van der Waals surface area contributed by atoms with Crippen LogP contribution in [0.5, 0.6) is 0 Å². The van der Waals surface area contributed by atoms with Gasteiger partial charge in [0.2, 0.25) is 11.8 Å². The molecule has 0 N–H and O–H groups in total. The molecule has 1 amide bonds. The Kier molecular flexibility index (Phi) is 5.56. The summed E-state index contributed by atoms with van der Waals surface area (Å²) in [6, 6.07) is 2.34. The fraction of sp³-hybridized carbons (Fsp3) is 0.688. The van der Waals surface area contributed by atoms with Crippen molar-refractivity contribution in [2.75, 3.05) is 19.6 Å². The fourth-order valence-corrected chi connectivity index (χ4v) is 2.79. The third-order valence-corrected chi connectivity index (χ3v) is 4.08. The van der Waals surface area contributed by atoms with Gasteiger partial charge in [-0.25, -0.2) is 4.98 Å². The van der Waals surface area contributed by atoms with Crippen LogP contribution in [-0.2, 0) is 11.3 Å². The van der Waals surface area contributed by atoms with Crippen LogP contribution in [-0.4, -0.2) is 46.4 Å². The smallest absolute Gasteiger partial charge is 0.220 e. The number of amides is 1. The molecule has 0 aromatic carbocycles. The van der Waals surface area contributed by atoms with E-state index in [1.807, 2.05) is 4.90 Å². The van der Waals surface area contributed by atoms with Crippen molar-refractivity contribution in [3.63, 3.8) is 0 Å². The summed E-state index contributed by atoms with van der Waals surface area (Å²) in [5.41, 5.74) is 0. The normalized spacial score (nSPS) is 18.6. The van der Waals surface area contributed by atoms with E-state index in [4.69, 9.17) is 9.68 Å². The second kappa shape index (κ2) is 7.41. The van der Waals surface area contributed by atoms with Crippen molar-refractivity contribution in [2.24, 2.45) is 0 Å². The molecule has 1 aromatic rings. The maximum Gasteiger partial charge on any atom is 0.220 e. The van der Waals surface area contributed by atoms with E-state index in [2.05, 4.69) is 29.8 Å². The van der Waals surface area contributed by atoms with Crippen molar-refractivity contribution in [3.05, 3.63) is 17.8 Å². The number of hydrogen-bond acceptors (Lipinski definition) is 5. The van der Waals surface area contributed by atoms with Gasteiger partial charge in [-0.2, -0.15) is 5.26 Å². The third kappa shape index (κ3) is 4.08. The summed E-state index contributed by atoms with van der Waals surface area (Å²) in [5.74, 6) is 1.77. The molecule has 6 nitrogen and oxygen atoms in total. The number of aromatic nitrogens is 1. The molecule has 0 aliphatic carbocycles. The first-order chi connectivity index (χ1) is 10.5. The van der Waals surface area contributed by atoms with Crippen molar-refractivity contribution in [3.8, 4) is 6.07 Å². The molecule has 0 spiro atoms. The topological polar surface area (TPSA) is 73.4 Å². The molecule has 0 bridgehead atoms. The summed E-state index contributed by atoms with van der Waals surface area (Å²) in [5, 5.41) is 8.67. The van der Waals surface area contributed by atoms with Crippen molar-refractivity contribution in [1.29, 1.82) is 5.26 Å². The molecule has 22 heavy (non-hydrogen) atoms. The van der Waals surface area contributed by atoms with Crippen molar-refractivity contribution in [2.45, 2.75) is 52.1 Å². The number of oxazole rings is 1. The number of hydrogen-bond donors (Lipinski definition) is 0. The van der Waals surface area contributed by atoms with Gasteiger partial charge in [0.25, 0.3) is 0 Å². The van der Waals surface area contributed by atoms with E-state index < -0.39 is 0 Å². The zero-order chi connectivity index (χ0) is 16.1. The summed E-state index contributed by atoms with van der Waals surface area (Å²) in [6.45, 7) is 8.63. The molecule has 0 unspecified atom stereocenters. The van der Waals surface area contributed by atoms with E-state index in [0.29, 0.717) is 24.8 Å². The molecule has 1 fully saturated rings. The molecule has 0 saturated carbocycles. The molecule has 1 aliphatic heterocycles. The van der Waals surface area contributed by atoms with E-state index in [1.165, 1.54) is 0 Å². The van der Waals surface area contributed by atoms with Crippen LogP contribution in [0.15, 0.2) is 10.6 Å². The lowest BCUT2D eigenvalue weighted by Gasteiger charge is -2.26. The average molecular weight is 304 g/mol. The molecular weight excluding hydrogens is 280 g/mol. The largest absolute Gasteiger partial charge is 0.444 e. The average Bonchev–Trinajstić information content (AvgIpc) is 3.11. The van der Waals surface area contributed by atoms with Gasteiger partial charge in [0.05, 0.1) is 18.8 Å². The van der Waals surface area contributed by atoms with Gasteiger partial charge >= 0.3 is 0 Å². The second-order valence-corrected chi connectivity index (χ2v) is 6.11. The van der Waals surface area contributed by atoms with Gasteiger partial charge in [-0.05, 0) is 6.42 Å². The Morgan fingerprint density at radius 3 is 3.00 bits per heavy atom. The van der Waals surface area contributed by atoms with Crippen LogP contribution in [0.3, 0.4) is 0 Å². The minimum absolute atomic E-state index is 0.0384. The van der Waals surface area contributed by atoms with E-state index >= 15 is 0 Å². The van der Waals surface area contributed by atoms with E-state index in [-0.39, 0.29) is 11.9 Å². The first-order valence-corrected chi connectivity index (χ1v) is 7.82.